The summed E-state index contributed by atoms with van der Waals surface area (Å²) in [5, 5.41) is 3.15. The van der Waals surface area contributed by atoms with Crippen LogP contribution in [0.15, 0.2) is 72.4 Å². The van der Waals surface area contributed by atoms with Crippen molar-refractivity contribution in [3.05, 3.63) is 89.1 Å². The molecule has 0 bridgehead atoms. The fraction of sp³-hybridized carbons (Fsp3) is 0.154. The smallest absolute Gasteiger partial charge is 0.282 e. The van der Waals surface area contributed by atoms with E-state index in [0.29, 0.717) is 34.0 Å². The van der Waals surface area contributed by atoms with Gasteiger partial charge in [0.15, 0.2) is 0 Å². The molecule has 0 unspecified atom stereocenters. The largest absolute Gasteiger partial charge is 0.497 e. The zero-order valence-electron chi connectivity index (χ0n) is 18.4. The molecule has 0 aromatic heterocycles. The Morgan fingerprint density at radius 2 is 1.50 bits per heavy atom. The standard InChI is InChI=1S/C26H24N2O4/c1-16-9-12-19(15-17(16)2)28-25(29)23(18-10-13-20(31-3)14-11-18)24(26(28)30)27-21-7-5-6-8-22(21)32-4/h5-15,27H,1-4H3. The van der Waals surface area contributed by atoms with Gasteiger partial charge in [0.1, 0.15) is 17.2 Å². The lowest BCUT2D eigenvalue weighted by atomic mass is 10.0. The van der Waals surface area contributed by atoms with Gasteiger partial charge in [-0.2, -0.15) is 0 Å². The maximum absolute atomic E-state index is 13.6. The van der Waals surface area contributed by atoms with Crippen LogP contribution in [0.4, 0.5) is 11.4 Å². The summed E-state index contributed by atoms with van der Waals surface area (Å²) in [5.74, 6) is 0.422. The predicted octanol–water partition coefficient (Wildman–Crippen LogP) is 4.72. The Kier molecular flexibility index (Phi) is 5.69. The molecule has 32 heavy (non-hydrogen) atoms. The molecule has 2 amide bonds. The van der Waals surface area contributed by atoms with Gasteiger partial charge in [-0.3, -0.25) is 9.59 Å². The molecule has 0 radical (unpaired) electrons. The molecule has 0 spiro atoms. The number of imide groups is 1. The number of hydrogen-bond donors (Lipinski definition) is 1. The molecule has 3 aromatic rings. The topological polar surface area (TPSA) is 67.9 Å². The molecular formula is C26H24N2O4. The summed E-state index contributed by atoms with van der Waals surface area (Å²) in [6, 6.07) is 19.9. The first kappa shape index (κ1) is 21.2. The summed E-state index contributed by atoms with van der Waals surface area (Å²) in [5.41, 5.74) is 4.33. The highest BCUT2D eigenvalue weighted by Crippen LogP contribution is 2.36. The lowest BCUT2D eigenvalue weighted by molar-refractivity contribution is -0.120. The van der Waals surface area contributed by atoms with Crippen LogP contribution in [0.25, 0.3) is 5.57 Å². The van der Waals surface area contributed by atoms with E-state index in [-0.39, 0.29) is 11.6 Å². The highest BCUT2D eigenvalue weighted by molar-refractivity contribution is 6.46. The van der Waals surface area contributed by atoms with Gasteiger partial charge in [-0.1, -0.05) is 30.3 Å². The molecule has 4 rings (SSSR count). The van der Waals surface area contributed by atoms with Crippen molar-refractivity contribution in [3.63, 3.8) is 0 Å². The number of amides is 2. The number of methoxy groups -OCH3 is 2. The maximum atomic E-state index is 13.6. The Morgan fingerprint density at radius 1 is 0.781 bits per heavy atom. The normalized spacial score (nSPS) is 13.6. The highest BCUT2D eigenvalue weighted by atomic mass is 16.5. The monoisotopic (exact) mass is 428 g/mol. The molecule has 1 aliphatic rings. The molecular weight excluding hydrogens is 404 g/mol. The van der Waals surface area contributed by atoms with Gasteiger partial charge in [0, 0.05) is 0 Å². The number of nitrogens with one attached hydrogen (secondary N) is 1. The van der Waals surface area contributed by atoms with Gasteiger partial charge in [0.2, 0.25) is 0 Å². The molecule has 1 N–H and O–H groups in total. The van der Waals surface area contributed by atoms with E-state index in [1.54, 1.807) is 56.7 Å². The number of aryl methyl sites for hydroxylation is 2. The Labute approximate surface area is 187 Å². The summed E-state index contributed by atoms with van der Waals surface area (Å²) < 4.78 is 10.7. The molecule has 6 nitrogen and oxygen atoms in total. The molecule has 0 saturated heterocycles. The molecule has 3 aromatic carbocycles. The van der Waals surface area contributed by atoms with Crippen molar-refractivity contribution in [2.45, 2.75) is 13.8 Å². The molecule has 0 fully saturated rings. The second-order valence-electron chi connectivity index (χ2n) is 7.52. The number of hydrogen-bond acceptors (Lipinski definition) is 5. The Morgan fingerprint density at radius 3 is 2.16 bits per heavy atom. The van der Waals surface area contributed by atoms with Crippen molar-refractivity contribution >= 4 is 28.8 Å². The molecule has 0 atom stereocenters. The zero-order chi connectivity index (χ0) is 22.8. The van der Waals surface area contributed by atoms with Crippen LogP contribution in [0, 0.1) is 13.8 Å². The first-order valence-electron chi connectivity index (χ1n) is 10.2. The number of para-hydroxylation sites is 2. The second kappa shape index (κ2) is 8.59. The Bertz CT molecular complexity index is 1230. The van der Waals surface area contributed by atoms with Gasteiger partial charge in [-0.05, 0) is 66.9 Å². The third-order valence-electron chi connectivity index (χ3n) is 5.58. The minimum atomic E-state index is -0.421. The van der Waals surface area contributed by atoms with Crippen molar-refractivity contribution in [1.82, 2.24) is 0 Å². The molecule has 162 valence electrons. The molecule has 0 saturated carbocycles. The van der Waals surface area contributed by atoms with E-state index in [9.17, 15) is 9.59 Å². The zero-order valence-corrected chi connectivity index (χ0v) is 18.4. The van der Waals surface area contributed by atoms with E-state index >= 15 is 0 Å². The van der Waals surface area contributed by atoms with E-state index in [2.05, 4.69) is 5.32 Å². The fourth-order valence-corrected chi connectivity index (χ4v) is 3.65. The van der Waals surface area contributed by atoms with Crippen molar-refractivity contribution in [1.29, 1.82) is 0 Å². The summed E-state index contributed by atoms with van der Waals surface area (Å²) in [6.07, 6.45) is 0. The van der Waals surface area contributed by atoms with Crippen LogP contribution in [0.3, 0.4) is 0 Å². The van der Waals surface area contributed by atoms with Crippen LogP contribution < -0.4 is 19.7 Å². The third kappa shape index (κ3) is 3.71. The van der Waals surface area contributed by atoms with E-state index in [4.69, 9.17) is 9.47 Å². The van der Waals surface area contributed by atoms with Crippen LogP contribution in [0.1, 0.15) is 16.7 Å². The van der Waals surface area contributed by atoms with E-state index in [1.165, 1.54) is 4.90 Å². The van der Waals surface area contributed by atoms with Crippen LogP contribution in [0.2, 0.25) is 0 Å². The quantitative estimate of drug-likeness (QED) is 0.576. The van der Waals surface area contributed by atoms with Gasteiger partial charge in [0.25, 0.3) is 11.8 Å². The van der Waals surface area contributed by atoms with Gasteiger partial charge >= 0.3 is 0 Å². The van der Waals surface area contributed by atoms with Crippen molar-refractivity contribution in [3.8, 4) is 11.5 Å². The van der Waals surface area contributed by atoms with Crippen LogP contribution in [0.5, 0.6) is 11.5 Å². The summed E-state index contributed by atoms with van der Waals surface area (Å²) >= 11 is 0. The molecule has 1 heterocycles. The van der Waals surface area contributed by atoms with Crippen molar-refractivity contribution < 1.29 is 19.1 Å². The number of carbonyl (C=O) groups excluding carboxylic acids is 2. The van der Waals surface area contributed by atoms with Crippen LogP contribution in [-0.2, 0) is 9.59 Å². The fourth-order valence-electron chi connectivity index (χ4n) is 3.65. The summed E-state index contributed by atoms with van der Waals surface area (Å²) in [7, 11) is 3.14. The highest BCUT2D eigenvalue weighted by Gasteiger charge is 2.40. The number of carbonyl (C=O) groups is 2. The average Bonchev–Trinajstić information content (AvgIpc) is 3.05. The van der Waals surface area contributed by atoms with Gasteiger partial charge < -0.3 is 14.8 Å². The Balaban J connectivity index is 1.84. The van der Waals surface area contributed by atoms with Crippen molar-refractivity contribution in [2.24, 2.45) is 0 Å². The summed E-state index contributed by atoms with van der Waals surface area (Å²) in [4.78, 5) is 28.3. The summed E-state index contributed by atoms with van der Waals surface area (Å²) in [6.45, 7) is 3.94. The van der Waals surface area contributed by atoms with Gasteiger partial charge in [-0.15, -0.1) is 0 Å². The minimum absolute atomic E-state index is 0.197. The first-order valence-corrected chi connectivity index (χ1v) is 10.2. The lowest BCUT2D eigenvalue weighted by Gasteiger charge is -2.17. The predicted molar refractivity (Wildman–Crippen MR) is 125 cm³/mol. The SMILES string of the molecule is COc1ccc(C2=C(Nc3ccccc3OC)C(=O)N(c3ccc(C)c(C)c3)C2=O)cc1. The average molecular weight is 428 g/mol. The lowest BCUT2D eigenvalue weighted by Crippen LogP contribution is -2.32. The third-order valence-corrected chi connectivity index (χ3v) is 5.58. The molecule has 0 aliphatic carbocycles. The minimum Gasteiger partial charge on any atom is -0.497 e. The van der Waals surface area contributed by atoms with Crippen LogP contribution in [-0.4, -0.2) is 26.0 Å². The number of rotatable bonds is 6. The van der Waals surface area contributed by atoms with E-state index in [0.717, 1.165) is 11.1 Å². The van der Waals surface area contributed by atoms with Crippen LogP contribution >= 0.6 is 0 Å². The second-order valence-corrected chi connectivity index (χ2v) is 7.52. The maximum Gasteiger partial charge on any atom is 0.282 e. The number of ether oxygens (including phenoxy) is 2. The molecule has 1 aliphatic heterocycles. The number of nitrogens with zero attached hydrogens (tertiary/aromatic N) is 1. The number of anilines is 2. The van der Waals surface area contributed by atoms with Crippen molar-refractivity contribution in [2.75, 3.05) is 24.4 Å². The number of benzene rings is 3. The Hall–Kier alpha value is -4.06. The first-order chi connectivity index (χ1) is 15.4. The molecule has 6 heteroatoms. The van der Waals surface area contributed by atoms with Gasteiger partial charge in [-0.25, -0.2) is 4.90 Å². The van der Waals surface area contributed by atoms with E-state index < -0.39 is 5.91 Å². The van der Waals surface area contributed by atoms with E-state index in [1.807, 2.05) is 38.1 Å². The van der Waals surface area contributed by atoms with Gasteiger partial charge in [0.05, 0.1) is 31.2 Å².